The molecular weight excluding hydrogens is 174 g/mol. The Balaban J connectivity index is 2.26. The Labute approximate surface area is 88.4 Å². The standard InChI is InChI=1S/C12H25NO/c1-5-11-6-7-12(10(11)3)13-8-9(2)14-4/h9-13H,5-8H2,1-4H3. The van der Waals surface area contributed by atoms with Gasteiger partial charge in [-0.3, -0.25) is 0 Å². The zero-order chi connectivity index (χ0) is 10.6. The molecule has 14 heavy (non-hydrogen) atoms. The van der Waals surface area contributed by atoms with Crippen LogP contribution in [0.4, 0.5) is 0 Å². The van der Waals surface area contributed by atoms with Gasteiger partial charge in [0.05, 0.1) is 6.10 Å². The minimum Gasteiger partial charge on any atom is -0.380 e. The lowest BCUT2D eigenvalue weighted by Gasteiger charge is -2.22. The Morgan fingerprint density at radius 1 is 1.43 bits per heavy atom. The van der Waals surface area contributed by atoms with Gasteiger partial charge >= 0.3 is 0 Å². The highest BCUT2D eigenvalue weighted by Crippen LogP contribution is 2.33. The molecule has 1 rings (SSSR count). The van der Waals surface area contributed by atoms with Gasteiger partial charge in [-0.2, -0.15) is 0 Å². The van der Waals surface area contributed by atoms with E-state index < -0.39 is 0 Å². The topological polar surface area (TPSA) is 21.3 Å². The maximum atomic E-state index is 5.24. The lowest BCUT2D eigenvalue weighted by atomic mass is 9.93. The molecule has 0 aliphatic heterocycles. The van der Waals surface area contributed by atoms with Gasteiger partial charge in [0.25, 0.3) is 0 Å². The van der Waals surface area contributed by atoms with E-state index in [2.05, 4.69) is 26.1 Å². The second-order valence-corrected chi connectivity index (χ2v) is 4.67. The first-order chi connectivity index (χ1) is 6.69. The Hall–Kier alpha value is -0.0800. The average molecular weight is 199 g/mol. The smallest absolute Gasteiger partial charge is 0.0667 e. The van der Waals surface area contributed by atoms with E-state index in [9.17, 15) is 0 Å². The number of ether oxygens (including phenoxy) is 1. The molecule has 4 atom stereocenters. The maximum absolute atomic E-state index is 5.24. The monoisotopic (exact) mass is 199 g/mol. The van der Waals surface area contributed by atoms with Crippen LogP contribution in [-0.4, -0.2) is 25.8 Å². The summed E-state index contributed by atoms with van der Waals surface area (Å²) < 4.78 is 5.24. The zero-order valence-corrected chi connectivity index (χ0v) is 10.0. The molecule has 1 fully saturated rings. The molecule has 0 bridgehead atoms. The van der Waals surface area contributed by atoms with Gasteiger partial charge in [-0.05, 0) is 31.6 Å². The molecule has 84 valence electrons. The van der Waals surface area contributed by atoms with E-state index in [1.165, 1.54) is 19.3 Å². The summed E-state index contributed by atoms with van der Waals surface area (Å²) in [6.07, 6.45) is 4.41. The first-order valence-electron chi connectivity index (χ1n) is 5.95. The van der Waals surface area contributed by atoms with E-state index in [1.807, 2.05) is 0 Å². The quantitative estimate of drug-likeness (QED) is 0.734. The van der Waals surface area contributed by atoms with Crippen LogP contribution >= 0.6 is 0 Å². The zero-order valence-electron chi connectivity index (χ0n) is 10.0. The van der Waals surface area contributed by atoms with Crippen molar-refractivity contribution >= 4 is 0 Å². The molecule has 0 aromatic rings. The Bertz CT molecular complexity index is 160. The number of hydrogen-bond donors (Lipinski definition) is 1. The molecule has 0 radical (unpaired) electrons. The van der Waals surface area contributed by atoms with Crippen molar-refractivity contribution in [3.8, 4) is 0 Å². The third-order valence-corrected chi connectivity index (χ3v) is 3.82. The van der Waals surface area contributed by atoms with Crippen LogP contribution in [0.2, 0.25) is 0 Å². The molecule has 1 aliphatic rings. The van der Waals surface area contributed by atoms with Gasteiger partial charge in [-0.1, -0.05) is 20.3 Å². The number of methoxy groups -OCH3 is 1. The summed E-state index contributed by atoms with van der Waals surface area (Å²) in [5.41, 5.74) is 0. The molecule has 0 spiro atoms. The third kappa shape index (κ3) is 2.96. The van der Waals surface area contributed by atoms with Crippen LogP contribution < -0.4 is 5.32 Å². The minimum absolute atomic E-state index is 0.336. The molecule has 0 aromatic heterocycles. The van der Waals surface area contributed by atoms with Crippen LogP contribution in [-0.2, 0) is 4.74 Å². The highest BCUT2D eigenvalue weighted by Gasteiger charge is 2.30. The van der Waals surface area contributed by atoms with Gasteiger partial charge in [0.15, 0.2) is 0 Å². The van der Waals surface area contributed by atoms with E-state index in [1.54, 1.807) is 7.11 Å². The van der Waals surface area contributed by atoms with E-state index in [0.717, 1.165) is 24.4 Å². The molecule has 1 N–H and O–H groups in total. The molecule has 0 heterocycles. The van der Waals surface area contributed by atoms with E-state index in [4.69, 9.17) is 4.74 Å². The van der Waals surface area contributed by atoms with Gasteiger partial charge < -0.3 is 10.1 Å². The molecule has 0 saturated heterocycles. The number of rotatable bonds is 5. The molecular formula is C12H25NO. The predicted octanol–water partition coefficient (Wildman–Crippen LogP) is 2.44. The van der Waals surface area contributed by atoms with Crippen molar-refractivity contribution in [2.45, 2.75) is 52.2 Å². The van der Waals surface area contributed by atoms with E-state index in [-0.39, 0.29) is 0 Å². The third-order valence-electron chi connectivity index (χ3n) is 3.82. The second-order valence-electron chi connectivity index (χ2n) is 4.67. The fourth-order valence-corrected chi connectivity index (χ4v) is 2.51. The van der Waals surface area contributed by atoms with Crippen molar-refractivity contribution in [2.24, 2.45) is 11.8 Å². The summed E-state index contributed by atoms with van der Waals surface area (Å²) in [4.78, 5) is 0. The summed E-state index contributed by atoms with van der Waals surface area (Å²) in [6.45, 7) is 7.80. The predicted molar refractivity (Wildman–Crippen MR) is 60.4 cm³/mol. The average Bonchev–Trinajstić information content (AvgIpc) is 2.56. The summed E-state index contributed by atoms with van der Waals surface area (Å²) in [5.74, 6) is 1.77. The molecule has 1 saturated carbocycles. The highest BCUT2D eigenvalue weighted by atomic mass is 16.5. The van der Waals surface area contributed by atoms with Crippen molar-refractivity contribution in [3.63, 3.8) is 0 Å². The molecule has 2 nitrogen and oxygen atoms in total. The van der Waals surface area contributed by atoms with Crippen LogP contribution in [0.15, 0.2) is 0 Å². The van der Waals surface area contributed by atoms with E-state index in [0.29, 0.717) is 6.10 Å². The molecule has 0 amide bonds. The molecule has 0 aromatic carbocycles. The first kappa shape index (κ1) is 12.0. The number of hydrogen-bond acceptors (Lipinski definition) is 2. The summed E-state index contributed by atoms with van der Waals surface area (Å²) in [5, 5.41) is 3.62. The Morgan fingerprint density at radius 3 is 2.64 bits per heavy atom. The van der Waals surface area contributed by atoms with Gasteiger partial charge in [0, 0.05) is 19.7 Å². The van der Waals surface area contributed by atoms with Crippen molar-refractivity contribution in [2.75, 3.05) is 13.7 Å². The second kappa shape index (κ2) is 5.72. The van der Waals surface area contributed by atoms with Crippen molar-refractivity contribution in [3.05, 3.63) is 0 Å². The van der Waals surface area contributed by atoms with Crippen molar-refractivity contribution < 1.29 is 4.74 Å². The van der Waals surface area contributed by atoms with Crippen LogP contribution in [0.1, 0.15) is 40.0 Å². The largest absolute Gasteiger partial charge is 0.380 e. The Kier molecular flexibility index (Phi) is 4.90. The lowest BCUT2D eigenvalue weighted by Crippen LogP contribution is -2.37. The summed E-state index contributed by atoms with van der Waals surface area (Å²) >= 11 is 0. The maximum Gasteiger partial charge on any atom is 0.0667 e. The van der Waals surface area contributed by atoms with Gasteiger partial charge in [-0.15, -0.1) is 0 Å². The minimum atomic E-state index is 0.336. The highest BCUT2D eigenvalue weighted by molar-refractivity contribution is 4.86. The molecule has 2 heteroatoms. The number of nitrogens with one attached hydrogen (secondary N) is 1. The molecule has 4 unspecified atom stereocenters. The van der Waals surface area contributed by atoms with Crippen LogP contribution in [0.5, 0.6) is 0 Å². The van der Waals surface area contributed by atoms with Gasteiger partial charge in [-0.25, -0.2) is 0 Å². The molecule has 1 aliphatic carbocycles. The van der Waals surface area contributed by atoms with Crippen LogP contribution in [0, 0.1) is 11.8 Å². The summed E-state index contributed by atoms with van der Waals surface area (Å²) in [7, 11) is 1.78. The van der Waals surface area contributed by atoms with Crippen molar-refractivity contribution in [1.29, 1.82) is 0 Å². The van der Waals surface area contributed by atoms with Crippen LogP contribution in [0.25, 0.3) is 0 Å². The SMILES string of the molecule is CCC1CCC(NCC(C)OC)C1C. The Morgan fingerprint density at radius 2 is 2.14 bits per heavy atom. The van der Waals surface area contributed by atoms with E-state index >= 15 is 0 Å². The normalized spacial score (nSPS) is 34.7. The summed E-state index contributed by atoms with van der Waals surface area (Å²) in [6, 6.07) is 0.720. The van der Waals surface area contributed by atoms with Gasteiger partial charge in [0.2, 0.25) is 0 Å². The lowest BCUT2D eigenvalue weighted by molar-refractivity contribution is 0.112. The fraction of sp³-hybridized carbons (Fsp3) is 1.00. The first-order valence-corrected chi connectivity index (χ1v) is 5.95. The van der Waals surface area contributed by atoms with Crippen LogP contribution in [0.3, 0.4) is 0 Å². The van der Waals surface area contributed by atoms with Crippen molar-refractivity contribution in [1.82, 2.24) is 5.32 Å². The fourth-order valence-electron chi connectivity index (χ4n) is 2.51. The van der Waals surface area contributed by atoms with Gasteiger partial charge in [0.1, 0.15) is 0 Å².